The van der Waals surface area contributed by atoms with Crippen LogP contribution in [-0.2, 0) is 4.79 Å². The molecule has 1 amide bonds. The van der Waals surface area contributed by atoms with E-state index >= 15 is 0 Å². The Morgan fingerprint density at radius 2 is 1.81 bits per heavy atom. The first-order valence-electron chi connectivity index (χ1n) is 9.22. The molecular weight excluding hydrogens is 422 g/mol. The number of anilines is 1. The minimum atomic E-state index is -1.01. The highest BCUT2D eigenvalue weighted by molar-refractivity contribution is 6.02. The van der Waals surface area contributed by atoms with Crippen molar-refractivity contribution in [3.63, 3.8) is 0 Å². The number of amides is 1. The van der Waals surface area contributed by atoms with Gasteiger partial charge in [-0.1, -0.05) is 6.07 Å². The van der Waals surface area contributed by atoms with Crippen molar-refractivity contribution in [2.45, 2.75) is 0 Å². The topological polar surface area (TPSA) is 110 Å². The molecule has 0 aliphatic rings. The second-order valence-corrected chi connectivity index (χ2v) is 6.75. The van der Waals surface area contributed by atoms with Gasteiger partial charge < -0.3 is 10.5 Å². The van der Waals surface area contributed by atoms with Gasteiger partial charge in [0.05, 0.1) is 10.4 Å². The molecule has 0 saturated heterocycles. The number of nitro groups is 1. The number of rotatable bonds is 5. The molecule has 0 radical (unpaired) electrons. The molecule has 0 atom stereocenters. The van der Waals surface area contributed by atoms with E-state index in [1.54, 1.807) is 24.3 Å². The maximum atomic E-state index is 13.2. The molecule has 0 aliphatic heterocycles. The predicted molar refractivity (Wildman–Crippen MR) is 113 cm³/mol. The molecule has 0 spiro atoms. The highest BCUT2D eigenvalue weighted by Crippen LogP contribution is 2.27. The first kappa shape index (κ1) is 20.7. The molecule has 1 aromatic heterocycles. The van der Waals surface area contributed by atoms with Gasteiger partial charge in [-0.15, -0.1) is 0 Å². The average molecular weight is 436 g/mol. The molecule has 0 bridgehead atoms. The van der Waals surface area contributed by atoms with Crippen molar-refractivity contribution in [3.05, 3.63) is 94.1 Å². The van der Waals surface area contributed by atoms with Crippen LogP contribution < -0.4 is 5.32 Å². The van der Waals surface area contributed by atoms with Crippen molar-refractivity contribution in [2.24, 2.45) is 0 Å². The SMILES string of the molecule is O=C(C=Cc1ccc(F)c(F)c1)Nc1ccc(-c2nc3ccc([N+](=O)[O-])cc3n2O)cc1. The largest absolute Gasteiger partial charge is 0.426 e. The lowest BCUT2D eigenvalue weighted by Crippen LogP contribution is -2.07. The first-order valence-corrected chi connectivity index (χ1v) is 9.22. The standard InChI is InChI=1S/C22H14F2N4O4/c23-17-8-1-13(11-18(17)24)2-10-21(29)25-15-5-3-14(4-6-15)22-26-19-9-7-16(28(31)32)12-20(19)27(22)30/h1-12,30H,(H,25,29). The third kappa shape index (κ3) is 4.15. The molecule has 160 valence electrons. The summed E-state index contributed by atoms with van der Waals surface area (Å²) >= 11 is 0. The summed E-state index contributed by atoms with van der Waals surface area (Å²) in [5.41, 5.74) is 1.69. The third-order valence-electron chi connectivity index (χ3n) is 4.61. The van der Waals surface area contributed by atoms with E-state index in [1.165, 1.54) is 36.4 Å². The van der Waals surface area contributed by atoms with E-state index in [-0.39, 0.29) is 17.0 Å². The smallest absolute Gasteiger partial charge is 0.271 e. The van der Waals surface area contributed by atoms with E-state index in [9.17, 15) is 28.9 Å². The number of halogens is 2. The summed E-state index contributed by atoms with van der Waals surface area (Å²) < 4.78 is 26.9. The lowest BCUT2D eigenvalue weighted by atomic mass is 10.2. The maximum absolute atomic E-state index is 13.2. The van der Waals surface area contributed by atoms with Crippen molar-refractivity contribution in [1.29, 1.82) is 0 Å². The molecule has 0 saturated carbocycles. The van der Waals surface area contributed by atoms with E-state index in [4.69, 9.17) is 0 Å². The number of carbonyl (C=O) groups is 1. The van der Waals surface area contributed by atoms with Gasteiger partial charge >= 0.3 is 0 Å². The summed E-state index contributed by atoms with van der Waals surface area (Å²) in [4.78, 5) is 26.7. The molecular formula is C22H14F2N4O4. The Hall–Kier alpha value is -4.60. The molecule has 0 unspecified atom stereocenters. The Bertz CT molecular complexity index is 1380. The zero-order chi connectivity index (χ0) is 22.8. The van der Waals surface area contributed by atoms with E-state index in [2.05, 4.69) is 10.3 Å². The number of aromatic nitrogens is 2. The summed E-state index contributed by atoms with van der Waals surface area (Å²) in [6.45, 7) is 0. The zero-order valence-corrected chi connectivity index (χ0v) is 16.2. The molecule has 1 heterocycles. The number of imidazole rings is 1. The fraction of sp³-hybridized carbons (Fsp3) is 0. The Morgan fingerprint density at radius 1 is 1.06 bits per heavy atom. The molecule has 3 aromatic carbocycles. The van der Waals surface area contributed by atoms with Crippen molar-refractivity contribution in [3.8, 4) is 11.4 Å². The lowest BCUT2D eigenvalue weighted by molar-refractivity contribution is -0.384. The van der Waals surface area contributed by atoms with Crippen LogP contribution in [0.4, 0.5) is 20.2 Å². The van der Waals surface area contributed by atoms with E-state index in [0.717, 1.165) is 16.9 Å². The van der Waals surface area contributed by atoms with E-state index < -0.39 is 22.5 Å². The third-order valence-corrected chi connectivity index (χ3v) is 4.61. The van der Waals surface area contributed by atoms with Crippen LogP contribution in [-0.4, -0.2) is 25.8 Å². The monoisotopic (exact) mass is 436 g/mol. The van der Waals surface area contributed by atoms with Crippen LogP contribution in [0.25, 0.3) is 28.5 Å². The van der Waals surface area contributed by atoms with Gasteiger partial charge in [-0.2, -0.15) is 4.73 Å². The minimum Gasteiger partial charge on any atom is -0.426 e. The summed E-state index contributed by atoms with van der Waals surface area (Å²) in [5, 5.41) is 23.9. The minimum absolute atomic E-state index is 0.172. The first-order chi connectivity index (χ1) is 15.3. The van der Waals surface area contributed by atoms with Crippen LogP contribution >= 0.6 is 0 Å². The Labute approximate surface area is 179 Å². The highest BCUT2D eigenvalue weighted by atomic mass is 19.2. The van der Waals surface area contributed by atoms with Crippen LogP contribution in [0.2, 0.25) is 0 Å². The molecule has 0 aliphatic carbocycles. The lowest BCUT2D eigenvalue weighted by Gasteiger charge is -2.05. The number of benzene rings is 3. The number of hydrogen-bond donors (Lipinski definition) is 2. The van der Waals surface area contributed by atoms with Crippen molar-refractivity contribution >= 4 is 34.4 Å². The van der Waals surface area contributed by atoms with Gasteiger partial charge in [0.2, 0.25) is 5.91 Å². The van der Waals surface area contributed by atoms with E-state index in [0.29, 0.717) is 22.3 Å². The Kier molecular flexibility index (Phi) is 5.34. The molecule has 8 nitrogen and oxygen atoms in total. The van der Waals surface area contributed by atoms with Crippen LogP contribution in [0.1, 0.15) is 5.56 Å². The maximum Gasteiger partial charge on any atom is 0.271 e. The molecule has 2 N–H and O–H groups in total. The highest BCUT2D eigenvalue weighted by Gasteiger charge is 2.15. The average Bonchev–Trinajstić information content (AvgIpc) is 3.11. The number of nitro benzene ring substituents is 1. The predicted octanol–water partition coefficient (Wildman–Crippen LogP) is 4.78. The Morgan fingerprint density at radius 3 is 2.50 bits per heavy atom. The van der Waals surface area contributed by atoms with Gasteiger partial charge in [-0.3, -0.25) is 14.9 Å². The summed E-state index contributed by atoms with van der Waals surface area (Å²) in [5.74, 6) is -2.28. The summed E-state index contributed by atoms with van der Waals surface area (Å²) in [6, 6.07) is 13.6. The van der Waals surface area contributed by atoms with Gasteiger partial charge in [0.15, 0.2) is 17.5 Å². The second-order valence-electron chi connectivity index (χ2n) is 6.75. The molecule has 32 heavy (non-hydrogen) atoms. The number of hydrogen-bond acceptors (Lipinski definition) is 5. The normalized spacial score (nSPS) is 11.2. The van der Waals surface area contributed by atoms with Crippen LogP contribution in [0, 0.1) is 21.7 Å². The number of carbonyl (C=O) groups excluding carboxylic acids is 1. The summed E-state index contributed by atoms with van der Waals surface area (Å²) in [7, 11) is 0. The van der Waals surface area contributed by atoms with Crippen molar-refractivity contribution in [1.82, 2.24) is 9.71 Å². The fourth-order valence-corrected chi connectivity index (χ4v) is 3.03. The zero-order valence-electron chi connectivity index (χ0n) is 16.2. The van der Waals surface area contributed by atoms with Gasteiger partial charge in [-0.05, 0) is 54.1 Å². The van der Waals surface area contributed by atoms with Gasteiger partial charge in [0.1, 0.15) is 5.52 Å². The number of nitrogens with zero attached hydrogens (tertiary/aromatic N) is 3. The van der Waals surface area contributed by atoms with Crippen LogP contribution in [0.3, 0.4) is 0 Å². The summed E-state index contributed by atoms with van der Waals surface area (Å²) in [6.07, 6.45) is 2.53. The number of nitrogens with one attached hydrogen (secondary N) is 1. The molecule has 10 heteroatoms. The van der Waals surface area contributed by atoms with Crippen molar-refractivity contribution < 1.29 is 23.7 Å². The number of fused-ring (bicyclic) bond motifs is 1. The van der Waals surface area contributed by atoms with Crippen molar-refractivity contribution in [2.75, 3.05) is 5.32 Å². The van der Waals surface area contributed by atoms with Gasteiger partial charge in [0, 0.05) is 29.5 Å². The van der Waals surface area contributed by atoms with Crippen LogP contribution in [0.5, 0.6) is 0 Å². The molecule has 4 aromatic rings. The number of non-ortho nitro benzene ring substituents is 1. The molecule has 0 fully saturated rings. The quantitative estimate of drug-likeness (QED) is 0.203. The Balaban J connectivity index is 1.50. The fourth-order valence-electron chi connectivity index (χ4n) is 3.03. The van der Waals surface area contributed by atoms with Crippen LogP contribution in [0.15, 0.2) is 66.7 Å². The second kappa shape index (κ2) is 8.26. The molecule has 4 rings (SSSR count). The van der Waals surface area contributed by atoms with E-state index in [1.807, 2.05) is 0 Å². The van der Waals surface area contributed by atoms with Gasteiger partial charge in [0.25, 0.3) is 5.69 Å². The van der Waals surface area contributed by atoms with Gasteiger partial charge in [-0.25, -0.2) is 13.8 Å².